The molecule has 1 aliphatic heterocycles. The van der Waals surface area contributed by atoms with Crippen molar-refractivity contribution >= 4 is 33.4 Å². The molecule has 0 aromatic carbocycles. The third-order valence-corrected chi connectivity index (χ3v) is 4.82. The smallest absolute Gasteiger partial charge is 0.379 e. The zero-order valence-corrected chi connectivity index (χ0v) is 12.8. The maximum Gasteiger partial charge on any atom is 0.408 e. The van der Waals surface area contributed by atoms with Gasteiger partial charge in [0.25, 0.3) is 5.56 Å². The average Bonchev–Trinajstić information content (AvgIpc) is 2.38. The van der Waals surface area contributed by atoms with E-state index in [1.807, 2.05) is 11.8 Å². The summed E-state index contributed by atoms with van der Waals surface area (Å²) in [4.78, 5) is 11.8. The molecular weight excluding hydrogens is 359 g/mol. The molecule has 4 nitrogen and oxygen atoms in total. The maximum atomic E-state index is 12.3. The Kier molecular flexibility index (Phi) is 5.00. The molecule has 2 rings (SSSR count). The van der Waals surface area contributed by atoms with Gasteiger partial charge in [-0.1, -0.05) is 0 Å². The standard InChI is InChI=1S/C11H13BrF3N3OS/c12-9-8(17-7-2-1-3-20-5-7)4-16-18(10(9)19)6-11(13,14)15/h4,7,17H,1-3,5-6H2. The summed E-state index contributed by atoms with van der Waals surface area (Å²) in [5.41, 5.74) is -0.336. The largest absolute Gasteiger partial charge is 0.408 e. The summed E-state index contributed by atoms with van der Waals surface area (Å²) < 4.78 is 37.4. The van der Waals surface area contributed by atoms with E-state index in [1.165, 1.54) is 6.20 Å². The number of nitrogens with zero attached hydrogens (tertiary/aromatic N) is 2. The summed E-state index contributed by atoms with van der Waals surface area (Å²) >= 11 is 4.87. The highest BCUT2D eigenvalue weighted by molar-refractivity contribution is 9.10. The van der Waals surface area contributed by atoms with Crippen LogP contribution >= 0.6 is 27.7 Å². The van der Waals surface area contributed by atoms with Crippen molar-refractivity contribution in [2.45, 2.75) is 31.6 Å². The summed E-state index contributed by atoms with van der Waals surface area (Å²) in [6, 6.07) is 0.213. The third kappa shape index (κ3) is 4.15. The Labute approximate surface area is 126 Å². The van der Waals surface area contributed by atoms with Gasteiger partial charge >= 0.3 is 6.18 Å². The van der Waals surface area contributed by atoms with E-state index in [-0.39, 0.29) is 10.5 Å². The molecule has 1 fully saturated rings. The maximum absolute atomic E-state index is 12.3. The van der Waals surface area contributed by atoms with Crippen molar-refractivity contribution in [3.05, 3.63) is 21.0 Å². The number of anilines is 1. The molecule has 112 valence electrons. The van der Waals surface area contributed by atoms with Crippen LogP contribution in [-0.2, 0) is 6.54 Å². The molecule has 1 N–H and O–H groups in total. The zero-order valence-electron chi connectivity index (χ0n) is 10.4. The molecule has 1 aromatic rings. The minimum atomic E-state index is -4.47. The second-order valence-corrected chi connectivity index (χ2v) is 6.45. The van der Waals surface area contributed by atoms with E-state index in [9.17, 15) is 18.0 Å². The Bertz CT molecular complexity index is 529. The first-order valence-corrected chi connectivity index (χ1v) is 7.98. The van der Waals surface area contributed by atoms with Gasteiger partial charge in [0.2, 0.25) is 0 Å². The van der Waals surface area contributed by atoms with Gasteiger partial charge in [0.05, 0.1) is 11.9 Å². The number of thioether (sulfide) groups is 1. The molecule has 1 aromatic heterocycles. The third-order valence-electron chi connectivity index (χ3n) is 2.83. The minimum absolute atomic E-state index is 0.0901. The fourth-order valence-electron chi connectivity index (χ4n) is 1.92. The lowest BCUT2D eigenvalue weighted by molar-refractivity contribution is -0.143. The van der Waals surface area contributed by atoms with Gasteiger partial charge in [-0.25, -0.2) is 4.68 Å². The monoisotopic (exact) mass is 371 g/mol. The molecule has 0 radical (unpaired) electrons. The Balaban J connectivity index is 2.15. The van der Waals surface area contributed by atoms with Crippen LogP contribution in [-0.4, -0.2) is 33.5 Å². The van der Waals surface area contributed by atoms with Gasteiger partial charge in [0.15, 0.2) is 0 Å². The molecule has 2 heterocycles. The van der Waals surface area contributed by atoms with Crippen LogP contribution < -0.4 is 10.9 Å². The topological polar surface area (TPSA) is 46.9 Å². The van der Waals surface area contributed by atoms with Crippen molar-refractivity contribution in [1.29, 1.82) is 0 Å². The van der Waals surface area contributed by atoms with Crippen molar-refractivity contribution in [1.82, 2.24) is 9.78 Å². The number of hydrogen-bond acceptors (Lipinski definition) is 4. The van der Waals surface area contributed by atoms with Crippen molar-refractivity contribution in [3.8, 4) is 0 Å². The molecule has 0 bridgehead atoms. The van der Waals surface area contributed by atoms with E-state index in [0.29, 0.717) is 10.4 Å². The highest BCUT2D eigenvalue weighted by Gasteiger charge is 2.29. The molecule has 0 aliphatic carbocycles. The first kappa shape index (κ1) is 15.7. The average molecular weight is 372 g/mol. The first-order chi connectivity index (χ1) is 9.37. The molecule has 0 spiro atoms. The molecular formula is C11H13BrF3N3OS. The number of aromatic nitrogens is 2. The summed E-state index contributed by atoms with van der Waals surface area (Å²) in [6.45, 7) is -1.38. The van der Waals surface area contributed by atoms with Crippen LogP contribution in [0.15, 0.2) is 15.5 Å². The van der Waals surface area contributed by atoms with E-state index >= 15 is 0 Å². The van der Waals surface area contributed by atoms with Crippen LogP contribution in [0.5, 0.6) is 0 Å². The lowest BCUT2D eigenvalue weighted by Gasteiger charge is -2.24. The second kappa shape index (κ2) is 6.38. The van der Waals surface area contributed by atoms with Crippen molar-refractivity contribution in [2.24, 2.45) is 0 Å². The lowest BCUT2D eigenvalue weighted by Crippen LogP contribution is -2.32. The number of nitrogens with one attached hydrogen (secondary N) is 1. The van der Waals surface area contributed by atoms with Crippen molar-refractivity contribution < 1.29 is 13.2 Å². The molecule has 1 unspecified atom stereocenters. The van der Waals surface area contributed by atoms with Gasteiger partial charge in [-0.3, -0.25) is 4.79 Å². The summed E-state index contributed by atoms with van der Waals surface area (Å²) in [5, 5.41) is 6.73. The second-order valence-electron chi connectivity index (χ2n) is 4.51. The molecule has 9 heteroatoms. The summed E-state index contributed by atoms with van der Waals surface area (Å²) in [5.74, 6) is 2.03. The number of alkyl halides is 3. The molecule has 20 heavy (non-hydrogen) atoms. The Morgan fingerprint density at radius 2 is 2.30 bits per heavy atom. The Morgan fingerprint density at radius 1 is 1.55 bits per heavy atom. The van der Waals surface area contributed by atoms with Crippen molar-refractivity contribution in [3.63, 3.8) is 0 Å². The Morgan fingerprint density at radius 3 is 2.90 bits per heavy atom. The van der Waals surface area contributed by atoms with Gasteiger partial charge in [0.1, 0.15) is 11.0 Å². The van der Waals surface area contributed by atoms with Gasteiger partial charge in [-0.15, -0.1) is 0 Å². The quantitative estimate of drug-likeness (QED) is 0.887. The SMILES string of the molecule is O=c1c(Br)c(NC2CCCSC2)cnn1CC(F)(F)F. The lowest BCUT2D eigenvalue weighted by atomic mass is 10.2. The highest BCUT2D eigenvalue weighted by Crippen LogP contribution is 2.24. The zero-order chi connectivity index (χ0) is 14.8. The van der Waals surface area contributed by atoms with Crippen LogP contribution in [0.1, 0.15) is 12.8 Å². The van der Waals surface area contributed by atoms with Crippen LogP contribution in [0.2, 0.25) is 0 Å². The predicted molar refractivity (Wildman–Crippen MR) is 76.2 cm³/mol. The van der Waals surface area contributed by atoms with E-state index in [2.05, 4.69) is 26.3 Å². The van der Waals surface area contributed by atoms with Gasteiger partial charge in [-0.05, 0) is 34.5 Å². The molecule has 1 atom stereocenters. The van der Waals surface area contributed by atoms with E-state index in [1.54, 1.807) is 0 Å². The predicted octanol–water partition coefficient (Wildman–Crippen LogP) is 2.88. The van der Waals surface area contributed by atoms with Crippen molar-refractivity contribution in [2.75, 3.05) is 16.8 Å². The fourth-order valence-corrected chi connectivity index (χ4v) is 3.42. The minimum Gasteiger partial charge on any atom is -0.379 e. The Hall–Kier alpha value is -0.700. The number of hydrogen-bond donors (Lipinski definition) is 1. The van der Waals surface area contributed by atoms with E-state index in [0.717, 1.165) is 24.3 Å². The van der Waals surface area contributed by atoms with Crippen LogP contribution in [0.3, 0.4) is 0 Å². The number of rotatable bonds is 3. The highest BCUT2D eigenvalue weighted by atomic mass is 79.9. The van der Waals surface area contributed by atoms with Crippen LogP contribution in [0.25, 0.3) is 0 Å². The first-order valence-electron chi connectivity index (χ1n) is 6.03. The number of halogens is 4. The van der Waals surface area contributed by atoms with Crippen LogP contribution in [0.4, 0.5) is 18.9 Å². The van der Waals surface area contributed by atoms with Gasteiger partial charge in [0, 0.05) is 11.8 Å². The molecule has 0 saturated carbocycles. The fraction of sp³-hybridized carbons (Fsp3) is 0.636. The molecule has 0 amide bonds. The summed E-state index contributed by atoms with van der Waals surface area (Å²) in [7, 11) is 0. The molecule has 1 saturated heterocycles. The molecule has 1 aliphatic rings. The van der Waals surface area contributed by atoms with Crippen LogP contribution in [0, 0.1) is 0 Å². The van der Waals surface area contributed by atoms with E-state index < -0.39 is 18.3 Å². The van der Waals surface area contributed by atoms with Gasteiger partial charge < -0.3 is 5.32 Å². The normalized spacial score (nSPS) is 19.9. The van der Waals surface area contributed by atoms with Gasteiger partial charge in [-0.2, -0.15) is 30.0 Å². The van der Waals surface area contributed by atoms with E-state index in [4.69, 9.17) is 0 Å². The summed E-state index contributed by atoms with van der Waals surface area (Å²) in [6.07, 6.45) is -1.15.